The zero-order valence-electron chi connectivity index (χ0n) is 35.6. The summed E-state index contributed by atoms with van der Waals surface area (Å²) in [6, 6.07) is 38.7. The number of furan rings is 1. The second-order valence-electron chi connectivity index (χ2n) is 14.7. The zero-order valence-corrected chi connectivity index (χ0v) is 34.0. The van der Waals surface area contributed by atoms with E-state index in [0.717, 1.165) is 38.9 Å². The van der Waals surface area contributed by atoms with Gasteiger partial charge < -0.3 is 19.6 Å². The maximum Gasteiger partial charge on any atom is 3.00 e. The van der Waals surface area contributed by atoms with Crippen molar-refractivity contribution in [3.05, 3.63) is 155 Å². The van der Waals surface area contributed by atoms with Crippen molar-refractivity contribution in [2.75, 3.05) is 4.90 Å². The van der Waals surface area contributed by atoms with E-state index in [1.54, 1.807) is 0 Å². The van der Waals surface area contributed by atoms with E-state index >= 15 is 0 Å². The Labute approximate surface area is 330 Å². The van der Waals surface area contributed by atoms with Crippen LogP contribution in [0.1, 0.15) is 74.8 Å². The Morgan fingerprint density at radius 3 is 2.25 bits per heavy atom. The van der Waals surface area contributed by atoms with Crippen LogP contribution in [-0.4, -0.2) is 13.1 Å². The van der Waals surface area contributed by atoms with E-state index in [9.17, 15) is 0 Å². The number of anilines is 2. The van der Waals surface area contributed by atoms with E-state index in [-0.39, 0.29) is 43.9 Å². The molecule has 1 aliphatic heterocycles. The first-order valence-corrected chi connectivity index (χ1v) is 21.1. The molecule has 0 radical (unpaired) electrons. The predicted molar refractivity (Wildman–Crippen MR) is 218 cm³/mol. The minimum atomic E-state index is -2.47. The predicted octanol–water partition coefficient (Wildman–Crippen LogP) is 12.9. The number of benzene rings is 5. The van der Waals surface area contributed by atoms with Crippen LogP contribution in [0.2, 0.25) is 19.6 Å². The van der Waals surface area contributed by atoms with Crippen molar-refractivity contribution in [1.29, 1.82) is 0 Å². The second kappa shape index (κ2) is 15.2. The quantitative estimate of drug-likeness (QED) is 0.123. The Morgan fingerprint density at radius 2 is 1.58 bits per heavy atom. The topological polar surface area (TPSA) is 43.4 Å². The summed E-state index contributed by atoms with van der Waals surface area (Å²) < 4.78 is 44.0. The van der Waals surface area contributed by atoms with Crippen molar-refractivity contribution < 1.29 is 31.4 Å². The van der Waals surface area contributed by atoms with Gasteiger partial charge in [0.05, 0.1) is 8.07 Å². The molecule has 1 unspecified atom stereocenters. The normalized spacial score (nSPS) is 15.5. The van der Waals surface area contributed by atoms with E-state index < -0.39 is 14.9 Å². The van der Waals surface area contributed by atoms with E-state index in [2.05, 4.69) is 130 Å². The monoisotopic (exact) mass is 882 g/mol. The molecule has 7 aromatic rings. The Hall–Kier alpha value is -4.48. The molecule has 0 spiro atoms. The molecule has 8 rings (SSSR count). The average Bonchev–Trinajstić information content (AvgIpc) is 3.72. The van der Waals surface area contributed by atoms with E-state index in [1.807, 2.05) is 36.5 Å². The summed E-state index contributed by atoms with van der Waals surface area (Å²) in [5.74, 6) is 0.790. The van der Waals surface area contributed by atoms with Crippen LogP contribution in [0, 0.1) is 19.0 Å². The number of rotatable bonds is 6. The molecule has 4 nitrogen and oxygen atoms in total. The van der Waals surface area contributed by atoms with Crippen LogP contribution in [0.4, 0.5) is 17.1 Å². The van der Waals surface area contributed by atoms with E-state index in [1.165, 1.54) is 28.1 Å². The van der Waals surface area contributed by atoms with Gasteiger partial charge in [-0.25, -0.2) is 0 Å². The van der Waals surface area contributed by atoms with Gasteiger partial charge in [0.25, 0.3) is 0 Å². The molecular formula is C46H46IrN3OSi. The molecular weight excluding hydrogens is 831 g/mol. The molecule has 3 heterocycles. The molecule has 2 aromatic heterocycles. The molecule has 6 heteroatoms. The Morgan fingerprint density at radius 1 is 0.846 bits per heavy atom. The first kappa shape index (κ1) is 31.1. The molecule has 0 aliphatic carbocycles. The Kier molecular flexibility index (Phi) is 9.11. The van der Waals surface area contributed by atoms with Crippen LogP contribution >= 0.6 is 0 Å². The molecule has 0 saturated carbocycles. The number of nitrogens with zero attached hydrogens (tertiary/aromatic N) is 3. The van der Waals surface area contributed by atoms with Gasteiger partial charge in [-0.3, -0.25) is 0 Å². The van der Waals surface area contributed by atoms with Crippen molar-refractivity contribution in [3.8, 4) is 11.3 Å². The summed E-state index contributed by atoms with van der Waals surface area (Å²) in [5, 5.41) is 8.66. The SMILES string of the molecule is CC(C)c1cccc(C(C)C)c1N1c2ccccc2[N-]C1c1[c-]cc2oc3ccccc3c2c1.[2H]c1[c-]c(-c2ccc([Si](C)(C)C)cn2)cc([2H])c1C([2H])([2H])[2H].[Ir+3]. The van der Waals surface area contributed by atoms with Crippen LogP contribution in [0.15, 0.2) is 120 Å². The number of pyridine rings is 1. The van der Waals surface area contributed by atoms with Crippen LogP contribution < -0.4 is 10.1 Å². The van der Waals surface area contributed by atoms with Crippen molar-refractivity contribution in [2.24, 2.45) is 0 Å². The number of fused-ring (bicyclic) bond motifs is 4. The molecule has 1 aliphatic rings. The molecule has 1 atom stereocenters. The van der Waals surface area contributed by atoms with E-state index in [4.69, 9.17) is 16.6 Å². The fourth-order valence-corrected chi connectivity index (χ4v) is 7.69. The van der Waals surface area contributed by atoms with Crippen molar-refractivity contribution in [2.45, 2.75) is 72.2 Å². The van der Waals surface area contributed by atoms with Gasteiger partial charge >= 0.3 is 20.1 Å². The molecule has 52 heavy (non-hydrogen) atoms. The first-order chi connectivity index (χ1) is 26.5. The van der Waals surface area contributed by atoms with Gasteiger partial charge in [-0.15, -0.1) is 47.1 Å². The number of hydrogen-bond acceptors (Lipinski definition) is 3. The van der Waals surface area contributed by atoms with Gasteiger partial charge in [-0.2, -0.15) is 17.7 Å². The molecule has 0 amide bonds. The Balaban J connectivity index is 0.000000208. The zero-order chi connectivity index (χ0) is 40.1. The van der Waals surface area contributed by atoms with Gasteiger partial charge in [-0.05, 0) is 52.1 Å². The summed E-state index contributed by atoms with van der Waals surface area (Å²) in [5.41, 5.74) is 9.74. The van der Waals surface area contributed by atoms with Gasteiger partial charge in [0.15, 0.2) is 0 Å². The van der Waals surface area contributed by atoms with Gasteiger partial charge in [0, 0.05) is 35.4 Å². The van der Waals surface area contributed by atoms with Crippen molar-refractivity contribution in [1.82, 2.24) is 4.98 Å². The summed E-state index contributed by atoms with van der Waals surface area (Å²) in [4.78, 5) is 6.82. The van der Waals surface area contributed by atoms with Crippen LogP contribution in [0.3, 0.4) is 0 Å². The minimum absolute atomic E-state index is 0. The summed E-state index contributed by atoms with van der Waals surface area (Å²) in [7, 11) is -1.43. The fourth-order valence-electron chi connectivity index (χ4n) is 6.66. The van der Waals surface area contributed by atoms with E-state index in [0.29, 0.717) is 23.1 Å². The van der Waals surface area contributed by atoms with Crippen LogP contribution in [-0.2, 0) is 20.1 Å². The molecule has 0 N–H and O–H groups in total. The molecule has 0 bridgehead atoms. The van der Waals surface area contributed by atoms with Crippen LogP contribution in [0.5, 0.6) is 0 Å². The molecule has 0 saturated heterocycles. The second-order valence-corrected chi connectivity index (χ2v) is 19.8. The number of hydrogen-bond donors (Lipinski definition) is 0. The maximum atomic E-state index is 7.88. The molecule has 264 valence electrons. The van der Waals surface area contributed by atoms with Crippen molar-refractivity contribution in [3.63, 3.8) is 0 Å². The Bertz CT molecular complexity index is 2490. The fraction of sp³-hybridized carbons (Fsp3) is 0.239. The first-order valence-electron chi connectivity index (χ1n) is 20.1. The molecule has 0 fully saturated rings. The van der Waals surface area contributed by atoms with Gasteiger partial charge in [0.1, 0.15) is 5.58 Å². The summed E-state index contributed by atoms with van der Waals surface area (Å²) >= 11 is 0. The number of para-hydroxylation sites is 4. The summed E-state index contributed by atoms with van der Waals surface area (Å²) in [6.45, 7) is 13.3. The van der Waals surface area contributed by atoms with Gasteiger partial charge in [-0.1, -0.05) is 126 Å². The maximum absolute atomic E-state index is 7.88. The van der Waals surface area contributed by atoms with Gasteiger partial charge in [0.2, 0.25) is 0 Å². The third kappa shape index (κ3) is 7.39. The minimum Gasteiger partial charge on any atom is -0.661 e. The smallest absolute Gasteiger partial charge is 0.661 e. The largest absolute Gasteiger partial charge is 3.00 e. The number of aromatic nitrogens is 1. The average molecular weight is 882 g/mol. The standard InChI is InChI=1S/C31H28N2O.C15H18NSi.Ir/c1-19(2)22-11-9-12-23(20(3)4)30(22)33-27-14-7-6-13-26(27)32-31(33)21-16-17-29-25(18-21)24-10-5-8-15-28(24)34-29;1-12-5-7-13(8-6-12)15-10-9-14(11-16-15)17(2,3)4;/h5-15,17-20,31H,1-4H3;5-7,9-11H,1-4H3;/q-2;-1;+3/i;1D3,5D,6D;. The van der Waals surface area contributed by atoms with Crippen molar-refractivity contribution >= 4 is 52.3 Å². The van der Waals surface area contributed by atoms with Crippen LogP contribution in [0.25, 0.3) is 38.5 Å². The third-order valence-electron chi connectivity index (χ3n) is 9.43. The third-order valence-corrected chi connectivity index (χ3v) is 11.5. The molecule has 5 aromatic carbocycles. The summed E-state index contributed by atoms with van der Waals surface area (Å²) in [6.07, 6.45) is 1.63.